The van der Waals surface area contributed by atoms with Crippen molar-refractivity contribution < 1.29 is 19.1 Å². The Morgan fingerprint density at radius 3 is 1.27 bits per heavy atom. The third-order valence-electron chi connectivity index (χ3n) is 3.69. The number of azo groups is 1. The molecule has 0 aliphatic rings. The number of hydrogen-bond acceptors (Lipinski definition) is 6. The van der Waals surface area contributed by atoms with E-state index in [0.29, 0.717) is 11.4 Å². The van der Waals surface area contributed by atoms with Crippen LogP contribution in [0.4, 0.5) is 11.4 Å². The summed E-state index contributed by atoms with van der Waals surface area (Å²) in [5.41, 5.74) is 3.17. The van der Waals surface area contributed by atoms with Crippen LogP contribution in [0.3, 0.4) is 0 Å². The van der Waals surface area contributed by atoms with Gasteiger partial charge in [-0.15, -0.1) is 0 Å². The van der Waals surface area contributed by atoms with Gasteiger partial charge in [-0.05, 0) is 49.2 Å². The van der Waals surface area contributed by atoms with Gasteiger partial charge in [-0.1, -0.05) is 24.3 Å². The molecule has 2 aromatic rings. The maximum Gasteiger partial charge on any atom is 0.303 e. The zero-order valence-corrected chi connectivity index (χ0v) is 15.3. The van der Waals surface area contributed by atoms with Crippen molar-refractivity contribution in [2.75, 3.05) is 0 Å². The van der Waals surface area contributed by atoms with Crippen LogP contribution in [0, 0.1) is 0 Å². The van der Waals surface area contributed by atoms with Gasteiger partial charge >= 0.3 is 11.9 Å². The van der Waals surface area contributed by atoms with Gasteiger partial charge in [0.15, 0.2) is 0 Å². The molecular formula is C20H22N2O4. The first kappa shape index (κ1) is 19.3. The van der Waals surface area contributed by atoms with Crippen LogP contribution < -0.4 is 0 Å². The Kier molecular flexibility index (Phi) is 6.60. The molecule has 136 valence electrons. The predicted octanol–water partition coefficient (Wildman–Crippen LogP) is 5.35. The average molecular weight is 354 g/mol. The van der Waals surface area contributed by atoms with E-state index >= 15 is 0 Å². The third kappa shape index (κ3) is 5.81. The topological polar surface area (TPSA) is 77.3 Å². The predicted molar refractivity (Wildman–Crippen MR) is 97.4 cm³/mol. The number of nitrogens with zero attached hydrogens (tertiary/aromatic N) is 2. The lowest BCUT2D eigenvalue weighted by Gasteiger charge is -2.12. The molecule has 0 aromatic heterocycles. The molecule has 0 aliphatic carbocycles. The number of ether oxygens (including phenoxy) is 2. The second-order valence-electron chi connectivity index (χ2n) is 5.89. The van der Waals surface area contributed by atoms with Crippen molar-refractivity contribution >= 4 is 23.3 Å². The molecule has 2 rings (SSSR count). The number of hydrogen-bond donors (Lipinski definition) is 0. The summed E-state index contributed by atoms with van der Waals surface area (Å²) in [5, 5.41) is 8.39. The first-order chi connectivity index (χ1) is 12.3. The van der Waals surface area contributed by atoms with E-state index in [1.54, 1.807) is 0 Å². The zero-order valence-electron chi connectivity index (χ0n) is 15.3. The van der Waals surface area contributed by atoms with E-state index in [1.165, 1.54) is 13.8 Å². The van der Waals surface area contributed by atoms with Crippen molar-refractivity contribution in [2.24, 2.45) is 10.2 Å². The molecule has 26 heavy (non-hydrogen) atoms. The minimum Gasteiger partial charge on any atom is -0.458 e. The molecule has 0 radical (unpaired) electrons. The molecule has 0 heterocycles. The minimum atomic E-state index is -0.312. The van der Waals surface area contributed by atoms with Gasteiger partial charge in [-0.3, -0.25) is 9.59 Å². The highest BCUT2D eigenvalue weighted by Gasteiger charge is 2.09. The fourth-order valence-electron chi connectivity index (χ4n) is 2.37. The monoisotopic (exact) mass is 354 g/mol. The Morgan fingerprint density at radius 1 is 0.692 bits per heavy atom. The highest BCUT2D eigenvalue weighted by molar-refractivity contribution is 5.66. The van der Waals surface area contributed by atoms with E-state index < -0.39 is 0 Å². The Balaban J connectivity index is 2.01. The molecule has 0 saturated heterocycles. The molecule has 2 unspecified atom stereocenters. The van der Waals surface area contributed by atoms with Crippen molar-refractivity contribution in [3.05, 3.63) is 59.7 Å². The van der Waals surface area contributed by atoms with Crippen LogP contribution in [0.25, 0.3) is 0 Å². The molecule has 0 N–H and O–H groups in total. The van der Waals surface area contributed by atoms with Crippen LogP contribution >= 0.6 is 0 Å². The van der Waals surface area contributed by atoms with Crippen LogP contribution in [0.5, 0.6) is 0 Å². The molecule has 6 heteroatoms. The molecule has 2 aromatic carbocycles. The Morgan fingerprint density at radius 2 is 1.00 bits per heavy atom. The highest BCUT2D eigenvalue weighted by Crippen LogP contribution is 2.24. The zero-order chi connectivity index (χ0) is 19.1. The summed E-state index contributed by atoms with van der Waals surface area (Å²) < 4.78 is 10.3. The number of carbonyl (C=O) groups excluding carboxylic acids is 2. The van der Waals surface area contributed by atoms with Gasteiger partial charge in [-0.2, -0.15) is 10.2 Å². The van der Waals surface area contributed by atoms with Crippen LogP contribution in [0.2, 0.25) is 0 Å². The van der Waals surface area contributed by atoms with Gasteiger partial charge in [0, 0.05) is 13.8 Å². The number of rotatable bonds is 6. The lowest BCUT2D eigenvalue weighted by molar-refractivity contribution is -0.146. The van der Waals surface area contributed by atoms with E-state index in [2.05, 4.69) is 10.2 Å². The molecule has 0 amide bonds. The van der Waals surface area contributed by atoms with E-state index in [4.69, 9.17) is 9.47 Å². The summed E-state index contributed by atoms with van der Waals surface area (Å²) in [6.45, 7) is 6.40. The van der Waals surface area contributed by atoms with Crippen molar-refractivity contribution in [1.29, 1.82) is 0 Å². The summed E-state index contributed by atoms with van der Waals surface area (Å²) in [4.78, 5) is 22.0. The van der Waals surface area contributed by atoms with Gasteiger partial charge in [-0.25, -0.2) is 0 Å². The molecular weight excluding hydrogens is 332 g/mol. The van der Waals surface area contributed by atoms with Crippen molar-refractivity contribution in [3.63, 3.8) is 0 Å². The lowest BCUT2D eigenvalue weighted by atomic mass is 10.1. The van der Waals surface area contributed by atoms with Gasteiger partial charge in [0.1, 0.15) is 12.2 Å². The maximum absolute atomic E-state index is 11.0. The van der Waals surface area contributed by atoms with Gasteiger partial charge < -0.3 is 9.47 Å². The summed E-state index contributed by atoms with van der Waals surface area (Å²) in [7, 11) is 0. The van der Waals surface area contributed by atoms with Crippen molar-refractivity contribution in [2.45, 2.75) is 39.9 Å². The van der Waals surface area contributed by atoms with Crippen LogP contribution in [0.15, 0.2) is 58.8 Å². The van der Waals surface area contributed by atoms with E-state index in [1.807, 2.05) is 62.4 Å². The fraction of sp³-hybridized carbons (Fsp3) is 0.300. The quantitative estimate of drug-likeness (QED) is 0.517. The summed E-state index contributed by atoms with van der Waals surface area (Å²) in [5.74, 6) is -0.625. The first-order valence-corrected chi connectivity index (χ1v) is 8.31. The summed E-state index contributed by atoms with van der Waals surface area (Å²) in [6, 6.07) is 14.7. The Bertz CT molecular complexity index is 715. The van der Waals surface area contributed by atoms with Gasteiger partial charge in [0.25, 0.3) is 0 Å². The van der Waals surface area contributed by atoms with E-state index in [9.17, 15) is 9.59 Å². The second-order valence-corrected chi connectivity index (χ2v) is 5.89. The molecule has 0 spiro atoms. The number of esters is 2. The standard InChI is InChI=1S/C20H22N2O4/c1-13(25-15(3)23)17-5-9-19(10-6-17)21-22-20-11-7-18(8-12-20)14(2)26-16(4)24/h5-14H,1-4H3. The fourth-order valence-corrected chi connectivity index (χ4v) is 2.37. The summed E-state index contributed by atoms with van der Waals surface area (Å²) in [6.07, 6.45) is -0.601. The largest absolute Gasteiger partial charge is 0.458 e. The lowest BCUT2D eigenvalue weighted by Crippen LogP contribution is -2.04. The minimum absolute atomic E-state index is 0.301. The normalized spacial score (nSPS) is 13.2. The maximum atomic E-state index is 11.0. The van der Waals surface area contributed by atoms with Crippen LogP contribution in [0.1, 0.15) is 51.0 Å². The van der Waals surface area contributed by atoms with Crippen LogP contribution in [-0.2, 0) is 19.1 Å². The smallest absolute Gasteiger partial charge is 0.303 e. The van der Waals surface area contributed by atoms with Crippen molar-refractivity contribution in [1.82, 2.24) is 0 Å². The molecule has 6 nitrogen and oxygen atoms in total. The molecule has 0 saturated carbocycles. The van der Waals surface area contributed by atoms with Crippen molar-refractivity contribution in [3.8, 4) is 0 Å². The van der Waals surface area contributed by atoms with Gasteiger partial charge in [0.2, 0.25) is 0 Å². The van der Waals surface area contributed by atoms with E-state index in [0.717, 1.165) is 11.1 Å². The number of carbonyl (C=O) groups is 2. The Hall–Kier alpha value is -3.02. The summed E-state index contributed by atoms with van der Waals surface area (Å²) >= 11 is 0. The van der Waals surface area contributed by atoms with Crippen LogP contribution in [-0.4, -0.2) is 11.9 Å². The first-order valence-electron chi connectivity index (χ1n) is 8.31. The SMILES string of the molecule is CC(=O)OC(C)c1ccc(N=Nc2ccc(C(C)OC(C)=O)cc2)cc1. The molecule has 0 bridgehead atoms. The van der Waals surface area contributed by atoms with E-state index in [-0.39, 0.29) is 24.1 Å². The number of benzene rings is 2. The molecule has 2 atom stereocenters. The van der Waals surface area contributed by atoms with Gasteiger partial charge in [0.05, 0.1) is 11.4 Å². The average Bonchev–Trinajstić information content (AvgIpc) is 2.59. The highest BCUT2D eigenvalue weighted by atomic mass is 16.5. The molecule has 0 fully saturated rings. The third-order valence-corrected chi connectivity index (χ3v) is 3.69. The Labute approximate surface area is 152 Å². The second kappa shape index (κ2) is 8.89. The molecule has 0 aliphatic heterocycles.